The highest BCUT2D eigenvalue weighted by atomic mass is 19.1. The Labute approximate surface area is 133 Å². The quantitative estimate of drug-likeness (QED) is 0.836. The second kappa shape index (κ2) is 6.66. The number of benzene rings is 2. The number of hydrogen-bond acceptors (Lipinski definition) is 3. The maximum Gasteiger partial charge on any atom is 0.165 e. The van der Waals surface area contributed by atoms with E-state index in [0.29, 0.717) is 25.1 Å². The smallest absolute Gasteiger partial charge is 0.165 e. The molecule has 0 amide bonds. The van der Waals surface area contributed by atoms with Crippen molar-refractivity contribution >= 4 is 5.69 Å². The summed E-state index contributed by atoms with van der Waals surface area (Å²) in [4.78, 5) is 1.90. The molecule has 1 aliphatic rings. The Morgan fingerprint density at radius 2 is 1.91 bits per heavy atom. The van der Waals surface area contributed by atoms with Crippen molar-refractivity contribution in [3.8, 4) is 17.6 Å². The van der Waals surface area contributed by atoms with Gasteiger partial charge >= 0.3 is 0 Å². The van der Waals surface area contributed by atoms with Crippen LogP contribution in [0.3, 0.4) is 0 Å². The predicted molar refractivity (Wildman–Crippen MR) is 83.8 cm³/mol. The van der Waals surface area contributed by atoms with Crippen LogP contribution >= 0.6 is 0 Å². The van der Waals surface area contributed by atoms with Crippen LogP contribution in [0, 0.1) is 17.1 Å². The fourth-order valence-electron chi connectivity index (χ4n) is 2.83. The second-order valence-corrected chi connectivity index (χ2v) is 5.53. The third-order valence-corrected chi connectivity index (χ3v) is 3.92. The van der Waals surface area contributed by atoms with Gasteiger partial charge in [-0.2, -0.15) is 5.26 Å². The van der Waals surface area contributed by atoms with E-state index in [1.807, 2.05) is 4.90 Å². The minimum atomic E-state index is -0.914. The van der Waals surface area contributed by atoms with Crippen molar-refractivity contribution in [1.29, 1.82) is 5.26 Å². The van der Waals surface area contributed by atoms with Gasteiger partial charge in [0.25, 0.3) is 0 Å². The molecule has 1 fully saturated rings. The van der Waals surface area contributed by atoms with E-state index < -0.39 is 12.0 Å². The van der Waals surface area contributed by atoms with Crippen molar-refractivity contribution in [2.45, 2.75) is 25.1 Å². The molecule has 0 aliphatic carbocycles. The standard InChI is InChI=1S/C18H16F2N2O/c19-13-11-15(9-10-21)22(12-13)14-5-7-16(8-6-14)23-18-4-2-1-3-17(18)20/h1-8,13,15H,9,11-12H2. The lowest BCUT2D eigenvalue weighted by molar-refractivity contribution is 0.356. The summed E-state index contributed by atoms with van der Waals surface area (Å²) in [5.41, 5.74) is 0.839. The molecule has 2 aromatic rings. The van der Waals surface area contributed by atoms with Crippen molar-refractivity contribution in [3.63, 3.8) is 0 Å². The third-order valence-electron chi connectivity index (χ3n) is 3.92. The van der Waals surface area contributed by atoms with Crippen LogP contribution in [0.4, 0.5) is 14.5 Å². The molecule has 0 N–H and O–H groups in total. The lowest BCUT2D eigenvalue weighted by Gasteiger charge is -2.24. The number of nitriles is 1. The first kappa shape index (κ1) is 15.3. The Morgan fingerprint density at radius 1 is 1.17 bits per heavy atom. The molecule has 2 unspecified atom stereocenters. The van der Waals surface area contributed by atoms with Gasteiger partial charge in [0, 0.05) is 24.7 Å². The summed E-state index contributed by atoms with van der Waals surface area (Å²) in [5.74, 6) is 0.241. The number of para-hydroxylation sites is 1. The Bertz CT molecular complexity index is 712. The molecular formula is C18H16F2N2O. The van der Waals surface area contributed by atoms with Gasteiger partial charge in [-0.3, -0.25) is 0 Å². The van der Waals surface area contributed by atoms with E-state index in [1.54, 1.807) is 42.5 Å². The summed E-state index contributed by atoms with van der Waals surface area (Å²) in [6, 6.07) is 15.2. The first-order valence-corrected chi connectivity index (χ1v) is 7.47. The van der Waals surface area contributed by atoms with Gasteiger partial charge in [-0.1, -0.05) is 12.1 Å². The normalized spacial score (nSPS) is 20.3. The van der Waals surface area contributed by atoms with Crippen LogP contribution in [0.15, 0.2) is 48.5 Å². The van der Waals surface area contributed by atoms with E-state index in [1.165, 1.54) is 6.07 Å². The van der Waals surface area contributed by atoms with E-state index in [4.69, 9.17) is 10.00 Å². The molecule has 118 valence electrons. The van der Waals surface area contributed by atoms with Gasteiger partial charge in [0.2, 0.25) is 0 Å². The topological polar surface area (TPSA) is 36.3 Å². The molecule has 1 aliphatic heterocycles. The fourth-order valence-corrected chi connectivity index (χ4v) is 2.83. The molecule has 2 aromatic carbocycles. The van der Waals surface area contributed by atoms with Crippen LogP contribution in [0.2, 0.25) is 0 Å². The molecule has 0 saturated carbocycles. The molecule has 2 atom stereocenters. The van der Waals surface area contributed by atoms with E-state index in [0.717, 1.165) is 5.69 Å². The highest BCUT2D eigenvalue weighted by molar-refractivity contribution is 5.52. The van der Waals surface area contributed by atoms with Gasteiger partial charge in [0.05, 0.1) is 12.5 Å². The van der Waals surface area contributed by atoms with Gasteiger partial charge in [0.15, 0.2) is 11.6 Å². The molecule has 3 nitrogen and oxygen atoms in total. The average Bonchev–Trinajstić information content (AvgIpc) is 2.91. The second-order valence-electron chi connectivity index (χ2n) is 5.53. The van der Waals surface area contributed by atoms with Crippen molar-refractivity contribution in [3.05, 3.63) is 54.3 Å². The monoisotopic (exact) mass is 314 g/mol. The van der Waals surface area contributed by atoms with Gasteiger partial charge < -0.3 is 9.64 Å². The summed E-state index contributed by atoms with van der Waals surface area (Å²) in [6.45, 7) is 0.292. The lowest BCUT2D eigenvalue weighted by Crippen LogP contribution is -2.28. The largest absolute Gasteiger partial charge is 0.454 e. The summed E-state index contributed by atoms with van der Waals surface area (Å²) in [6.07, 6.45) is -0.239. The first-order valence-electron chi connectivity index (χ1n) is 7.47. The van der Waals surface area contributed by atoms with Crippen LogP contribution in [0.1, 0.15) is 12.8 Å². The number of ether oxygens (including phenoxy) is 1. The number of halogens is 2. The molecule has 3 rings (SSSR count). The Morgan fingerprint density at radius 3 is 2.61 bits per heavy atom. The predicted octanol–water partition coefficient (Wildman–Crippen LogP) is 4.45. The molecule has 0 radical (unpaired) electrons. The van der Waals surface area contributed by atoms with Crippen LogP contribution < -0.4 is 9.64 Å². The number of alkyl halides is 1. The van der Waals surface area contributed by atoms with Gasteiger partial charge in [0.1, 0.15) is 11.9 Å². The van der Waals surface area contributed by atoms with Crippen molar-refractivity contribution in [2.24, 2.45) is 0 Å². The molecule has 0 aromatic heterocycles. The van der Waals surface area contributed by atoms with Crippen molar-refractivity contribution < 1.29 is 13.5 Å². The summed E-state index contributed by atoms with van der Waals surface area (Å²) < 4.78 is 32.7. The minimum Gasteiger partial charge on any atom is -0.454 e. The Kier molecular flexibility index (Phi) is 4.42. The van der Waals surface area contributed by atoms with Crippen LogP contribution in [-0.4, -0.2) is 18.8 Å². The van der Waals surface area contributed by atoms with Crippen molar-refractivity contribution in [1.82, 2.24) is 0 Å². The van der Waals surface area contributed by atoms with Crippen LogP contribution in [-0.2, 0) is 0 Å². The molecule has 5 heteroatoms. The lowest BCUT2D eigenvalue weighted by atomic mass is 10.1. The maximum absolute atomic E-state index is 13.6. The zero-order chi connectivity index (χ0) is 16.2. The maximum atomic E-state index is 13.6. The van der Waals surface area contributed by atoms with Gasteiger partial charge in [-0.15, -0.1) is 0 Å². The van der Waals surface area contributed by atoms with Crippen LogP contribution in [0.5, 0.6) is 11.5 Å². The Hall–Kier alpha value is -2.61. The SMILES string of the molecule is N#CCC1CC(F)CN1c1ccc(Oc2ccccc2F)cc1. The molecular weight excluding hydrogens is 298 g/mol. The van der Waals surface area contributed by atoms with E-state index >= 15 is 0 Å². The first-order chi connectivity index (χ1) is 11.2. The third kappa shape index (κ3) is 3.42. The average molecular weight is 314 g/mol. The number of rotatable bonds is 4. The number of nitrogens with zero attached hydrogens (tertiary/aromatic N) is 2. The van der Waals surface area contributed by atoms with E-state index in [-0.39, 0.29) is 11.8 Å². The number of anilines is 1. The Balaban J connectivity index is 1.74. The summed E-state index contributed by atoms with van der Waals surface area (Å²) >= 11 is 0. The molecule has 1 saturated heterocycles. The fraction of sp³-hybridized carbons (Fsp3) is 0.278. The number of hydrogen-bond donors (Lipinski definition) is 0. The minimum absolute atomic E-state index is 0.103. The molecule has 23 heavy (non-hydrogen) atoms. The van der Waals surface area contributed by atoms with Crippen LogP contribution in [0.25, 0.3) is 0 Å². The van der Waals surface area contributed by atoms with Gasteiger partial charge in [-0.05, 0) is 36.4 Å². The van der Waals surface area contributed by atoms with E-state index in [2.05, 4.69) is 6.07 Å². The molecule has 1 heterocycles. The van der Waals surface area contributed by atoms with Gasteiger partial charge in [-0.25, -0.2) is 8.78 Å². The molecule has 0 spiro atoms. The summed E-state index contributed by atoms with van der Waals surface area (Å²) in [7, 11) is 0. The highest BCUT2D eigenvalue weighted by Crippen LogP contribution is 2.31. The highest BCUT2D eigenvalue weighted by Gasteiger charge is 2.31. The summed E-state index contributed by atoms with van der Waals surface area (Å²) in [5, 5.41) is 8.86. The molecule has 0 bridgehead atoms. The zero-order valence-corrected chi connectivity index (χ0v) is 12.5. The zero-order valence-electron chi connectivity index (χ0n) is 12.5. The van der Waals surface area contributed by atoms with E-state index in [9.17, 15) is 8.78 Å². The van der Waals surface area contributed by atoms with Crippen molar-refractivity contribution in [2.75, 3.05) is 11.4 Å².